The van der Waals surface area contributed by atoms with Gasteiger partial charge < -0.3 is 14.8 Å². The lowest BCUT2D eigenvalue weighted by Crippen LogP contribution is -2.38. The number of esters is 1. The molecule has 0 aromatic rings. The van der Waals surface area contributed by atoms with Crippen molar-refractivity contribution in [3.63, 3.8) is 0 Å². The van der Waals surface area contributed by atoms with Crippen molar-refractivity contribution in [3.05, 3.63) is 0 Å². The Morgan fingerprint density at radius 1 is 1.59 bits per heavy atom. The first-order valence-corrected chi connectivity index (χ1v) is 6.66. The molecule has 2 unspecified atom stereocenters. The van der Waals surface area contributed by atoms with E-state index in [-0.39, 0.29) is 12.0 Å². The molecule has 1 fully saturated rings. The zero-order chi connectivity index (χ0) is 12.5. The minimum atomic E-state index is -0.138. The van der Waals surface area contributed by atoms with Gasteiger partial charge in [-0.15, -0.1) is 0 Å². The van der Waals surface area contributed by atoms with E-state index in [0.29, 0.717) is 5.92 Å². The van der Waals surface area contributed by atoms with Crippen molar-refractivity contribution >= 4 is 5.97 Å². The number of hydrogen-bond donors (Lipinski definition) is 1. The quantitative estimate of drug-likeness (QED) is 0.660. The normalized spacial score (nSPS) is 21.4. The molecule has 17 heavy (non-hydrogen) atoms. The monoisotopic (exact) mass is 243 g/mol. The molecular formula is C13H25NO3. The van der Waals surface area contributed by atoms with Gasteiger partial charge in [-0.3, -0.25) is 4.79 Å². The second-order valence-electron chi connectivity index (χ2n) is 4.69. The predicted octanol–water partition coefficient (Wildman–Crippen LogP) is 1.73. The Hall–Kier alpha value is -0.610. The molecule has 1 saturated heterocycles. The molecule has 0 aromatic carbocycles. The average Bonchev–Trinajstić information content (AvgIpc) is 2.85. The summed E-state index contributed by atoms with van der Waals surface area (Å²) in [6.07, 6.45) is 5.26. The number of rotatable bonds is 8. The minimum absolute atomic E-state index is 0.137. The van der Waals surface area contributed by atoms with Crippen molar-refractivity contribution in [1.82, 2.24) is 5.32 Å². The van der Waals surface area contributed by atoms with Crippen molar-refractivity contribution in [2.45, 2.75) is 45.1 Å². The van der Waals surface area contributed by atoms with Crippen LogP contribution in [0.1, 0.15) is 39.0 Å². The molecule has 1 heterocycles. The maximum atomic E-state index is 11.5. The standard InChI is InChI=1S/C13H25NO3/c1-3-4-5-12(13(15)16-2)14-8-6-11-7-9-17-10-11/h11-12,14H,3-10H2,1-2H3. The summed E-state index contributed by atoms with van der Waals surface area (Å²) >= 11 is 0. The van der Waals surface area contributed by atoms with E-state index in [1.54, 1.807) is 0 Å². The number of unbranched alkanes of at least 4 members (excludes halogenated alkanes) is 1. The lowest BCUT2D eigenvalue weighted by Gasteiger charge is -2.17. The zero-order valence-corrected chi connectivity index (χ0v) is 11.0. The highest BCUT2D eigenvalue weighted by molar-refractivity contribution is 5.75. The van der Waals surface area contributed by atoms with Gasteiger partial charge in [0.2, 0.25) is 0 Å². The van der Waals surface area contributed by atoms with E-state index in [4.69, 9.17) is 9.47 Å². The van der Waals surface area contributed by atoms with Gasteiger partial charge in [0.15, 0.2) is 0 Å². The second kappa shape index (κ2) is 8.48. The van der Waals surface area contributed by atoms with Crippen molar-refractivity contribution in [3.8, 4) is 0 Å². The Bertz CT molecular complexity index is 215. The van der Waals surface area contributed by atoms with Crippen LogP contribution in [0.5, 0.6) is 0 Å². The van der Waals surface area contributed by atoms with Gasteiger partial charge in [0, 0.05) is 13.2 Å². The van der Waals surface area contributed by atoms with Crippen LogP contribution >= 0.6 is 0 Å². The highest BCUT2D eigenvalue weighted by atomic mass is 16.5. The molecule has 0 spiro atoms. The summed E-state index contributed by atoms with van der Waals surface area (Å²) in [6.45, 7) is 4.77. The van der Waals surface area contributed by atoms with Crippen LogP contribution in [0.3, 0.4) is 0 Å². The number of carbonyl (C=O) groups excluding carboxylic acids is 1. The summed E-state index contributed by atoms with van der Waals surface area (Å²) in [4.78, 5) is 11.5. The van der Waals surface area contributed by atoms with Crippen LogP contribution in [-0.2, 0) is 14.3 Å². The van der Waals surface area contributed by atoms with Gasteiger partial charge in [-0.25, -0.2) is 0 Å². The third-order valence-electron chi connectivity index (χ3n) is 3.30. The number of nitrogens with one attached hydrogen (secondary N) is 1. The van der Waals surface area contributed by atoms with Crippen molar-refractivity contribution < 1.29 is 14.3 Å². The molecular weight excluding hydrogens is 218 g/mol. The van der Waals surface area contributed by atoms with Gasteiger partial charge in [0.1, 0.15) is 6.04 Å². The van der Waals surface area contributed by atoms with E-state index in [2.05, 4.69) is 12.2 Å². The van der Waals surface area contributed by atoms with E-state index < -0.39 is 0 Å². The SMILES string of the molecule is CCCCC(NCCC1CCOC1)C(=O)OC. The highest BCUT2D eigenvalue weighted by Gasteiger charge is 2.19. The van der Waals surface area contributed by atoms with Crippen LogP contribution in [0.4, 0.5) is 0 Å². The molecule has 100 valence electrons. The summed E-state index contributed by atoms with van der Waals surface area (Å²) in [5, 5.41) is 3.30. The molecule has 1 aliphatic rings. The molecule has 0 amide bonds. The van der Waals surface area contributed by atoms with Crippen molar-refractivity contribution in [2.24, 2.45) is 5.92 Å². The third kappa shape index (κ3) is 5.50. The smallest absolute Gasteiger partial charge is 0.322 e. The van der Waals surface area contributed by atoms with Crippen LogP contribution in [0.2, 0.25) is 0 Å². The first-order valence-electron chi connectivity index (χ1n) is 6.66. The Kier molecular flexibility index (Phi) is 7.21. The molecule has 4 heteroatoms. The van der Waals surface area contributed by atoms with Crippen LogP contribution < -0.4 is 5.32 Å². The average molecular weight is 243 g/mol. The van der Waals surface area contributed by atoms with Crippen LogP contribution in [0, 0.1) is 5.92 Å². The molecule has 4 nitrogen and oxygen atoms in total. The van der Waals surface area contributed by atoms with E-state index >= 15 is 0 Å². The Morgan fingerprint density at radius 3 is 3.00 bits per heavy atom. The maximum Gasteiger partial charge on any atom is 0.322 e. The fraction of sp³-hybridized carbons (Fsp3) is 0.923. The Balaban J connectivity index is 2.19. The number of ether oxygens (including phenoxy) is 2. The molecule has 0 aliphatic carbocycles. The molecule has 0 bridgehead atoms. The fourth-order valence-electron chi connectivity index (χ4n) is 2.13. The summed E-state index contributed by atoms with van der Waals surface area (Å²) in [5.74, 6) is 0.521. The molecule has 1 N–H and O–H groups in total. The van der Waals surface area contributed by atoms with Crippen molar-refractivity contribution in [1.29, 1.82) is 0 Å². The van der Waals surface area contributed by atoms with Gasteiger partial charge in [0.25, 0.3) is 0 Å². The Labute approximate surface area is 104 Å². The molecule has 1 aliphatic heterocycles. The van der Waals surface area contributed by atoms with Crippen LogP contribution in [-0.4, -0.2) is 38.9 Å². The van der Waals surface area contributed by atoms with E-state index in [9.17, 15) is 4.79 Å². The largest absolute Gasteiger partial charge is 0.468 e. The molecule has 0 radical (unpaired) electrons. The summed E-state index contributed by atoms with van der Waals surface area (Å²) in [5.41, 5.74) is 0. The molecule has 0 aromatic heterocycles. The van der Waals surface area contributed by atoms with E-state index in [1.807, 2.05) is 0 Å². The van der Waals surface area contributed by atoms with E-state index in [0.717, 1.165) is 51.9 Å². The van der Waals surface area contributed by atoms with Gasteiger partial charge in [0.05, 0.1) is 7.11 Å². The lowest BCUT2D eigenvalue weighted by molar-refractivity contribution is -0.143. The lowest BCUT2D eigenvalue weighted by atomic mass is 10.0. The van der Waals surface area contributed by atoms with Gasteiger partial charge >= 0.3 is 5.97 Å². The predicted molar refractivity (Wildman–Crippen MR) is 66.9 cm³/mol. The summed E-state index contributed by atoms with van der Waals surface area (Å²) < 4.78 is 10.1. The number of methoxy groups -OCH3 is 1. The summed E-state index contributed by atoms with van der Waals surface area (Å²) in [7, 11) is 1.45. The maximum absolute atomic E-state index is 11.5. The topological polar surface area (TPSA) is 47.6 Å². The summed E-state index contributed by atoms with van der Waals surface area (Å²) in [6, 6.07) is -0.137. The molecule has 0 saturated carbocycles. The van der Waals surface area contributed by atoms with Crippen LogP contribution in [0.15, 0.2) is 0 Å². The molecule has 2 atom stereocenters. The Morgan fingerprint density at radius 2 is 2.41 bits per heavy atom. The molecule has 1 rings (SSSR count). The first-order chi connectivity index (χ1) is 8.27. The highest BCUT2D eigenvalue weighted by Crippen LogP contribution is 2.15. The van der Waals surface area contributed by atoms with Crippen LogP contribution in [0.25, 0.3) is 0 Å². The minimum Gasteiger partial charge on any atom is -0.468 e. The number of hydrogen-bond acceptors (Lipinski definition) is 4. The first kappa shape index (κ1) is 14.5. The second-order valence-corrected chi connectivity index (χ2v) is 4.69. The fourth-order valence-corrected chi connectivity index (χ4v) is 2.13. The van der Waals surface area contributed by atoms with Gasteiger partial charge in [-0.1, -0.05) is 19.8 Å². The van der Waals surface area contributed by atoms with E-state index in [1.165, 1.54) is 7.11 Å². The van der Waals surface area contributed by atoms with Crippen molar-refractivity contribution in [2.75, 3.05) is 26.9 Å². The zero-order valence-electron chi connectivity index (χ0n) is 11.0. The van der Waals surface area contributed by atoms with Gasteiger partial charge in [-0.2, -0.15) is 0 Å². The van der Waals surface area contributed by atoms with Gasteiger partial charge in [-0.05, 0) is 31.7 Å². The third-order valence-corrected chi connectivity index (χ3v) is 3.30. The number of carbonyl (C=O) groups is 1.